The number of aliphatic carboxylic acids is 1. The highest BCUT2D eigenvalue weighted by atomic mass is 16.5. The highest BCUT2D eigenvalue weighted by molar-refractivity contribution is 5.85. The molecule has 0 aromatic heterocycles. The molecule has 0 aliphatic carbocycles. The van der Waals surface area contributed by atoms with E-state index in [1.54, 1.807) is 12.3 Å². The minimum Gasteiger partial charge on any atom is -0.494 e. The first kappa shape index (κ1) is 15.5. The van der Waals surface area contributed by atoms with Crippen LogP contribution in [0.2, 0.25) is 0 Å². The van der Waals surface area contributed by atoms with Crippen molar-refractivity contribution in [3.05, 3.63) is 65.7 Å². The predicted molar refractivity (Wildman–Crippen MR) is 88.0 cm³/mol. The fourth-order valence-electron chi connectivity index (χ4n) is 1.80. The first-order valence-corrected chi connectivity index (χ1v) is 6.95. The van der Waals surface area contributed by atoms with Crippen molar-refractivity contribution < 1.29 is 14.6 Å². The van der Waals surface area contributed by atoms with Gasteiger partial charge >= 0.3 is 5.97 Å². The standard InChI is InChI=1S/C18H17NO3/c1-2-22-17-10-5-15(6-11-17)13-19-16-8-3-14(4-9-16)7-12-18(20)21/h3-13H,2H2,1H3,(H,20,21). The average Bonchev–Trinajstić information content (AvgIpc) is 2.53. The van der Waals surface area contributed by atoms with E-state index in [0.717, 1.165) is 28.6 Å². The van der Waals surface area contributed by atoms with Gasteiger partial charge in [0, 0.05) is 12.3 Å². The number of aliphatic imine (C=N–C) groups is 1. The molecule has 2 aromatic rings. The van der Waals surface area contributed by atoms with Gasteiger partial charge in [0.1, 0.15) is 5.75 Å². The monoisotopic (exact) mass is 295 g/mol. The van der Waals surface area contributed by atoms with Crippen LogP contribution in [0, 0.1) is 0 Å². The van der Waals surface area contributed by atoms with E-state index >= 15 is 0 Å². The molecule has 0 unspecified atom stereocenters. The van der Waals surface area contributed by atoms with E-state index in [-0.39, 0.29) is 0 Å². The van der Waals surface area contributed by atoms with Crippen molar-refractivity contribution in [2.75, 3.05) is 6.61 Å². The van der Waals surface area contributed by atoms with Crippen LogP contribution in [0.5, 0.6) is 5.75 Å². The molecule has 0 heterocycles. The lowest BCUT2D eigenvalue weighted by Gasteiger charge is -2.02. The molecule has 0 amide bonds. The molecule has 0 fully saturated rings. The molecule has 112 valence electrons. The Labute approximate surface area is 129 Å². The molecular formula is C18H17NO3. The SMILES string of the molecule is CCOc1ccc(C=Nc2ccc(C=CC(=O)O)cc2)cc1. The Morgan fingerprint density at radius 2 is 1.73 bits per heavy atom. The Morgan fingerprint density at radius 1 is 1.09 bits per heavy atom. The summed E-state index contributed by atoms with van der Waals surface area (Å²) in [6.07, 6.45) is 4.43. The van der Waals surface area contributed by atoms with Gasteiger partial charge in [0.2, 0.25) is 0 Å². The normalized spacial score (nSPS) is 11.1. The van der Waals surface area contributed by atoms with Crippen LogP contribution < -0.4 is 4.74 Å². The van der Waals surface area contributed by atoms with Gasteiger partial charge < -0.3 is 9.84 Å². The third kappa shape index (κ3) is 4.90. The van der Waals surface area contributed by atoms with E-state index in [0.29, 0.717) is 6.61 Å². The Balaban J connectivity index is 2.02. The average molecular weight is 295 g/mol. The number of carboxylic acids is 1. The maximum absolute atomic E-state index is 10.4. The first-order chi connectivity index (χ1) is 10.7. The largest absolute Gasteiger partial charge is 0.494 e. The van der Waals surface area contributed by atoms with E-state index in [9.17, 15) is 4.79 Å². The summed E-state index contributed by atoms with van der Waals surface area (Å²) in [5.74, 6) is -0.119. The summed E-state index contributed by atoms with van der Waals surface area (Å²) in [5, 5.41) is 8.57. The lowest BCUT2D eigenvalue weighted by atomic mass is 10.2. The number of carboxylic acid groups (broad SMARTS) is 1. The molecule has 4 nitrogen and oxygen atoms in total. The second kappa shape index (κ2) is 7.78. The molecule has 0 saturated heterocycles. The van der Waals surface area contributed by atoms with Crippen molar-refractivity contribution in [1.82, 2.24) is 0 Å². The van der Waals surface area contributed by atoms with Gasteiger partial charge in [0.25, 0.3) is 0 Å². The van der Waals surface area contributed by atoms with E-state index in [4.69, 9.17) is 9.84 Å². The van der Waals surface area contributed by atoms with Crippen molar-refractivity contribution in [3.8, 4) is 5.75 Å². The van der Waals surface area contributed by atoms with E-state index in [2.05, 4.69) is 4.99 Å². The van der Waals surface area contributed by atoms with Gasteiger partial charge in [0.05, 0.1) is 12.3 Å². The zero-order valence-corrected chi connectivity index (χ0v) is 12.3. The minimum atomic E-state index is -0.961. The molecule has 0 spiro atoms. The molecule has 0 radical (unpaired) electrons. The maximum atomic E-state index is 10.4. The van der Waals surface area contributed by atoms with Crippen molar-refractivity contribution in [1.29, 1.82) is 0 Å². The molecule has 2 aromatic carbocycles. The third-order valence-corrected chi connectivity index (χ3v) is 2.87. The highest BCUT2D eigenvalue weighted by Gasteiger charge is 1.94. The second-order valence-corrected chi connectivity index (χ2v) is 4.52. The molecule has 0 aliphatic rings. The molecule has 22 heavy (non-hydrogen) atoms. The van der Waals surface area contributed by atoms with Gasteiger partial charge in [-0.2, -0.15) is 0 Å². The molecule has 0 aliphatic heterocycles. The van der Waals surface area contributed by atoms with Gasteiger partial charge in [0.15, 0.2) is 0 Å². The van der Waals surface area contributed by atoms with Gasteiger partial charge in [-0.3, -0.25) is 4.99 Å². The molecule has 4 heteroatoms. The number of rotatable bonds is 6. The summed E-state index contributed by atoms with van der Waals surface area (Å²) >= 11 is 0. The number of hydrogen-bond donors (Lipinski definition) is 1. The maximum Gasteiger partial charge on any atom is 0.328 e. The Kier molecular flexibility index (Phi) is 5.49. The minimum absolute atomic E-state index is 0.649. The van der Waals surface area contributed by atoms with Crippen LogP contribution in [0.4, 0.5) is 5.69 Å². The quantitative estimate of drug-likeness (QED) is 0.648. The van der Waals surface area contributed by atoms with Crippen LogP contribution in [0.3, 0.4) is 0 Å². The zero-order valence-electron chi connectivity index (χ0n) is 12.3. The Morgan fingerprint density at radius 3 is 2.32 bits per heavy atom. The van der Waals surface area contributed by atoms with Crippen LogP contribution >= 0.6 is 0 Å². The topological polar surface area (TPSA) is 58.9 Å². The second-order valence-electron chi connectivity index (χ2n) is 4.52. The molecule has 1 N–H and O–H groups in total. The van der Waals surface area contributed by atoms with Crippen LogP contribution in [0.25, 0.3) is 6.08 Å². The number of ether oxygens (including phenoxy) is 1. The lowest BCUT2D eigenvalue weighted by molar-refractivity contribution is -0.131. The molecular weight excluding hydrogens is 278 g/mol. The Hall–Kier alpha value is -2.88. The number of nitrogens with zero attached hydrogens (tertiary/aromatic N) is 1. The third-order valence-electron chi connectivity index (χ3n) is 2.87. The Bertz CT molecular complexity index is 670. The molecule has 0 saturated carbocycles. The van der Waals surface area contributed by atoms with Gasteiger partial charge in [-0.15, -0.1) is 0 Å². The van der Waals surface area contributed by atoms with E-state index in [1.165, 1.54) is 0 Å². The summed E-state index contributed by atoms with van der Waals surface area (Å²) in [5.41, 5.74) is 2.61. The highest BCUT2D eigenvalue weighted by Crippen LogP contribution is 2.15. The van der Waals surface area contributed by atoms with Crippen molar-refractivity contribution in [2.45, 2.75) is 6.92 Å². The number of carbonyl (C=O) groups is 1. The molecule has 0 atom stereocenters. The van der Waals surface area contributed by atoms with Gasteiger partial charge in [-0.25, -0.2) is 4.79 Å². The first-order valence-electron chi connectivity index (χ1n) is 6.95. The number of benzene rings is 2. The smallest absolute Gasteiger partial charge is 0.328 e. The van der Waals surface area contributed by atoms with Gasteiger partial charge in [-0.1, -0.05) is 12.1 Å². The zero-order chi connectivity index (χ0) is 15.8. The van der Waals surface area contributed by atoms with Crippen molar-refractivity contribution >= 4 is 23.9 Å². The summed E-state index contributed by atoms with van der Waals surface area (Å²) in [4.78, 5) is 14.8. The summed E-state index contributed by atoms with van der Waals surface area (Å²) in [6, 6.07) is 15.0. The van der Waals surface area contributed by atoms with Gasteiger partial charge in [-0.05, 0) is 60.5 Å². The summed E-state index contributed by atoms with van der Waals surface area (Å²) in [7, 11) is 0. The number of hydrogen-bond acceptors (Lipinski definition) is 3. The lowest BCUT2D eigenvalue weighted by Crippen LogP contribution is -1.91. The van der Waals surface area contributed by atoms with Crippen LogP contribution in [0.15, 0.2) is 59.6 Å². The fraction of sp³-hybridized carbons (Fsp3) is 0.111. The van der Waals surface area contributed by atoms with Crippen LogP contribution in [0.1, 0.15) is 18.1 Å². The summed E-state index contributed by atoms with van der Waals surface area (Å²) in [6.45, 7) is 2.60. The molecule has 2 rings (SSSR count). The van der Waals surface area contributed by atoms with Crippen LogP contribution in [-0.2, 0) is 4.79 Å². The van der Waals surface area contributed by atoms with E-state index in [1.807, 2.05) is 55.5 Å². The van der Waals surface area contributed by atoms with Crippen molar-refractivity contribution in [2.24, 2.45) is 4.99 Å². The predicted octanol–water partition coefficient (Wildman–Crippen LogP) is 3.93. The fourth-order valence-corrected chi connectivity index (χ4v) is 1.80. The van der Waals surface area contributed by atoms with Crippen LogP contribution in [-0.4, -0.2) is 23.9 Å². The molecule has 0 bridgehead atoms. The van der Waals surface area contributed by atoms with Crippen molar-refractivity contribution in [3.63, 3.8) is 0 Å². The summed E-state index contributed by atoms with van der Waals surface area (Å²) < 4.78 is 5.38. The van der Waals surface area contributed by atoms with E-state index < -0.39 is 5.97 Å².